The third-order valence-corrected chi connectivity index (χ3v) is 5.00. The van der Waals surface area contributed by atoms with Gasteiger partial charge in [-0.3, -0.25) is 0 Å². The quantitative estimate of drug-likeness (QED) is 0.398. The van der Waals surface area contributed by atoms with E-state index >= 15 is 0 Å². The zero-order valence-corrected chi connectivity index (χ0v) is 15.7. The summed E-state index contributed by atoms with van der Waals surface area (Å²) in [6.07, 6.45) is 6.14. The Labute approximate surface area is 153 Å². The van der Waals surface area contributed by atoms with Gasteiger partial charge in [-0.05, 0) is 37.1 Å². The lowest BCUT2D eigenvalue weighted by atomic mass is 10.1. The van der Waals surface area contributed by atoms with E-state index in [4.69, 9.17) is 4.74 Å². The molecule has 0 atom stereocenters. The van der Waals surface area contributed by atoms with Crippen LogP contribution in [0.1, 0.15) is 55.1 Å². The molecule has 2 rings (SSSR count). The summed E-state index contributed by atoms with van der Waals surface area (Å²) in [5.41, 5.74) is 2.96. The number of carbonyl (C=O) groups is 1. The van der Waals surface area contributed by atoms with Crippen molar-refractivity contribution in [1.82, 2.24) is 9.78 Å². The van der Waals surface area contributed by atoms with Crippen LogP contribution in [0.25, 0.3) is 5.69 Å². The Hall–Kier alpha value is -2.26. The van der Waals surface area contributed by atoms with Crippen LogP contribution in [0.5, 0.6) is 0 Å². The number of thioether (sulfide) groups is 1. The molecule has 25 heavy (non-hydrogen) atoms. The Balaban J connectivity index is 2.46. The predicted octanol–water partition coefficient (Wildman–Crippen LogP) is 4.38. The molecule has 0 aliphatic heterocycles. The fourth-order valence-electron chi connectivity index (χ4n) is 2.45. The molecule has 0 amide bonds. The number of benzene rings is 1. The van der Waals surface area contributed by atoms with Crippen molar-refractivity contribution in [3.63, 3.8) is 0 Å². The van der Waals surface area contributed by atoms with E-state index in [1.165, 1.54) is 6.20 Å². The summed E-state index contributed by atoms with van der Waals surface area (Å²) in [7, 11) is 0. The molecule has 1 aromatic heterocycles. The number of aryl methyl sites for hydroxylation is 1. The van der Waals surface area contributed by atoms with Crippen molar-refractivity contribution in [2.45, 2.75) is 44.9 Å². The third kappa shape index (κ3) is 4.43. The second-order valence-electron chi connectivity index (χ2n) is 5.51. The number of nitriles is 1. The maximum atomic E-state index is 11.9. The van der Waals surface area contributed by atoms with Gasteiger partial charge in [0.1, 0.15) is 6.07 Å². The lowest BCUT2D eigenvalue weighted by molar-refractivity contribution is 0.0526. The lowest BCUT2D eigenvalue weighted by Gasteiger charge is -2.14. The first-order valence-electron chi connectivity index (χ1n) is 8.57. The van der Waals surface area contributed by atoms with E-state index in [0.717, 1.165) is 41.2 Å². The van der Waals surface area contributed by atoms with Gasteiger partial charge in [-0.25, -0.2) is 9.48 Å². The second-order valence-corrected chi connectivity index (χ2v) is 6.61. The van der Waals surface area contributed by atoms with Crippen molar-refractivity contribution in [2.75, 3.05) is 12.4 Å². The molecule has 0 aliphatic rings. The fraction of sp³-hybridized carbons (Fsp3) is 0.421. The van der Waals surface area contributed by atoms with Crippen molar-refractivity contribution >= 4 is 17.7 Å². The second kappa shape index (κ2) is 9.28. The average molecular weight is 357 g/mol. The molecule has 132 valence electrons. The topological polar surface area (TPSA) is 67.9 Å². The number of hydrogen-bond donors (Lipinski definition) is 0. The minimum Gasteiger partial charge on any atom is -0.462 e. The normalized spacial score (nSPS) is 10.5. The minimum atomic E-state index is -0.389. The van der Waals surface area contributed by atoms with Crippen LogP contribution in [0.3, 0.4) is 0 Å². The molecule has 2 aromatic rings. The van der Waals surface area contributed by atoms with Crippen molar-refractivity contribution in [2.24, 2.45) is 0 Å². The molecular weight excluding hydrogens is 334 g/mol. The molecule has 6 heteroatoms. The highest BCUT2D eigenvalue weighted by Crippen LogP contribution is 2.32. The van der Waals surface area contributed by atoms with Gasteiger partial charge in [-0.1, -0.05) is 26.3 Å². The third-order valence-electron chi connectivity index (χ3n) is 3.80. The largest absolute Gasteiger partial charge is 0.462 e. The first-order valence-corrected chi connectivity index (χ1v) is 9.55. The molecule has 0 bridgehead atoms. The van der Waals surface area contributed by atoms with Crippen molar-refractivity contribution in [3.8, 4) is 11.8 Å². The first kappa shape index (κ1) is 19.1. The van der Waals surface area contributed by atoms with Gasteiger partial charge in [0.2, 0.25) is 0 Å². The Bertz CT molecular complexity index is 777. The first-order chi connectivity index (χ1) is 12.2. The summed E-state index contributed by atoms with van der Waals surface area (Å²) in [6, 6.07) is 6.28. The van der Waals surface area contributed by atoms with E-state index in [1.54, 1.807) is 29.6 Å². The molecular formula is C19H23N3O2S. The van der Waals surface area contributed by atoms with Crippen molar-refractivity contribution in [1.29, 1.82) is 5.26 Å². The van der Waals surface area contributed by atoms with E-state index in [1.807, 2.05) is 19.1 Å². The maximum Gasteiger partial charge on any atom is 0.341 e. The van der Waals surface area contributed by atoms with Crippen molar-refractivity contribution in [3.05, 3.63) is 41.2 Å². The molecule has 1 aromatic carbocycles. The average Bonchev–Trinajstić information content (AvgIpc) is 3.11. The van der Waals surface area contributed by atoms with Crippen LogP contribution in [-0.4, -0.2) is 28.1 Å². The number of unbranched alkanes of at least 4 members (excludes halogenated alkanes) is 1. The molecule has 0 fully saturated rings. The molecule has 0 radical (unpaired) electrons. The smallest absolute Gasteiger partial charge is 0.341 e. The number of hydrogen-bond acceptors (Lipinski definition) is 5. The van der Waals surface area contributed by atoms with Gasteiger partial charge < -0.3 is 4.74 Å². The monoisotopic (exact) mass is 357 g/mol. The summed E-state index contributed by atoms with van der Waals surface area (Å²) in [6.45, 7) is 6.29. The van der Waals surface area contributed by atoms with E-state index in [-0.39, 0.29) is 5.97 Å². The zero-order chi connectivity index (χ0) is 18.2. The summed E-state index contributed by atoms with van der Waals surface area (Å²) >= 11 is 1.68. The Kier molecular flexibility index (Phi) is 7.08. The number of carbonyl (C=O) groups excluding carboxylic acids is 1. The van der Waals surface area contributed by atoms with E-state index < -0.39 is 0 Å². The summed E-state index contributed by atoms with van der Waals surface area (Å²) in [5.74, 6) is 0.553. The van der Waals surface area contributed by atoms with Gasteiger partial charge in [0.05, 0.1) is 34.5 Å². The molecule has 5 nitrogen and oxygen atoms in total. The highest BCUT2D eigenvalue weighted by atomic mass is 32.2. The molecule has 0 unspecified atom stereocenters. The van der Waals surface area contributed by atoms with Crippen LogP contribution in [0.2, 0.25) is 0 Å². The summed E-state index contributed by atoms with van der Waals surface area (Å²) < 4.78 is 6.67. The van der Waals surface area contributed by atoms with E-state index in [2.05, 4.69) is 18.1 Å². The Morgan fingerprint density at radius 2 is 2.16 bits per heavy atom. The SMILES string of the molecule is CCCCSc1c(-n2cc(C(=O)OCC)cn2)ccc(CC)c1C#N. The van der Waals surface area contributed by atoms with Gasteiger partial charge in [-0.15, -0.1) is 11.8 Å². The standard InChI is InChI=1S/C19H23N3O2S/c1-4-7-10-25-18-16(11-20)14(5-2)8-9-17(18)22-13-15(12-21-22)19(23)24-6-3/h8-9,12-13H,4-7,10H2,1-3H3. The van der Waals surface area contributed by atoms with Gasteiger partial charge >= 0.3 is 5.97 Å². The zero-order valence-electron chi connectivity index (χ0n) is 14.9. The van der Waals surface area contributed by atoms with Crippen LogP contribution in [-0.2, 0) is 11.2 Å². The van der Waals surface area contributed by atoms with E-state index in [0.29, 0.717) is 17.7 Å². The maximum absolute atomic E-state index is 11.9. The molecule has 0 saturated heterocycles. The highest BCUT2D eigenvalue weighted by Gasteiger charge is 2.17. The summed E-state index contributed by atoms with van der Waals surface area (Å²) in [4.78, 5) is 12.8. The summed E-state index contributed by atoms with van der Waals surface area (Å²) in [5, 5.41) is 14.0. The van der Waals surface area contributed by atoms with Gasteiger partial charge in [0.25, 0.3) is 0 Å². The number of aromatic nitrogens is 2. The lowest BCUT2D eigenvalue weighted by Crippen LogP contribution is -2.04. The van der Waals surface area contributed by atoms with Gasteiger partial charge in [0, 0.05) is 6.20 Å². The van der Waals surface area contributed by atoms with Crippen LogP contribution in [0.4, 0.5) is 0 Å². The van der Waals surface area contributed by atoms with Crippen molar-refractivity contribution < 1.29 is 9.53 Å². The number of nitrogens with zero attached hydrogens (tertiary/aromatic N) is 3. The molecule has 0 saturated carbocycles. The minimum absolute atomic E-state index is 0.325. The number of ether oxygens (including phenoxy) is 1. The molecule has 1 heterocycles. The number of esters is 1. The molecule has 0 N–H and O–H groups in total. The van der Waals surface area contributed by atoms with E-state index in [9.17, 15) is 10.1 Å². The van der Waals surface area contributed by atoms with Crippen LogP contribution < -0.4 is 0 Å². The molecule has 0 aliphatic carbocycles. The van der Waals surface area contributed by atoms with Crippen LogP contribution in [0, 0.1) is 11.3 Å². The van der Waals surface area contributed by atoms with Gasteiger partial charge in [-0.2, -0.15) is 10.4 Å². The predicted molar refractivity (Wildman–Crippen MR) is 99.2 cm³/mol. The Morgan fingerprint density at radius 1 is 1.36 bits per heavy atom. The fourth-order valence-corrected chi connectivity index (χ4v) is 3.72. The number of rotatable bonds is 8. The van der Waals surface area contributed by atoms with Gasteiger partial charge in [0.15, 0.2) is 0 Å². The van der Waals surface area contributed by atoms with Crippen LogP contribution in [0.15, 0.2) is 29.4 Å². The highest BCUT2D eigenvalue weighted by molar-refractivity contribution is 7.99. The molecule has 0 spiro atoms. The van der Waals surface area contributed by atoms with Crippen LogP contribution >= 0.6 is 11.8 Å². The Morgan fingerprint density at radius 3 is 2.80 bits per heavy atom.